The fourth-order valence-corrected chi connectivity index (χ4v) is 3.26. The Hall–Kier alpha value is -2.46. The second kappa shape index (κ2) is 5.32. The fraction of sp³-hybridized carbons (Fsp3) is 0.0526. The first-order chi connectivity index (χ1) is 11.1. The van der Waals surface area contributed by atoms with Gasteiger partial charge in [0.25, 0.3) is 0 Å². The van der Waals surface area contributed by atoms with Crippen LogP contribution >= 0.6 is 15.9 Å². The SMILES string of the molecule is Cc1cc(-c2ccccc2)nc2nc3ccc(Br)cc3c(N)c12. The van der Waals surface area contributed by atoms with Crippen LogP contribution in [0.15, 0.2) is 59.1 Å². The number of benzene rings is 2. The second-order valence-corrected chi connectivity index (χ2v) is 6.49. The molecule has 4 heteroatoms. The smallest absolute Gasteiger partial charge is 0.162 e. The van der Waals surface area contributed by atoms with Crippen molar-refractivity contribution in [3.8, 4) is 11.3 Å². The molecule has 0 spiro atoms. The average molecular weight is 364 g/mol. The molecule has 0 saturated heterocycles. The summed E-state index contributed by atoms with van der Waals surface area (Å²) in [6, 6.07) is 18.1. The molecule has 0 radical (unpaired) electrons. The van der Waals surface area contributed by atoms with Crippen molar-refractivity contribution in [3.63, 3.8) is 0 Å². The number of nitrogens with two attached hydrogens (primary N) is 1. The Balaban J connectivity index is 2.07. The lowest BCUT2D eigenvalue weighted by atomic mass is 10.0. The van der Waals surface area contributed by atoms with Crippen molar-refractivity contribution in [1.82, 2.24) is 9.97 Å². The van der Waals surface area contributed by atoms with Gasteiger partial charge in [0.2, 0.25) is 0 Å². The number of halogens is 1. The first-order valence-electron chi connectivity index (χ1n) is 7.35. The molecular formula is C19H14BrN3. The van der Waals surface area contributed by atoms with Crippen molar-refractivity contribution in [2.24, 2.45) is 0 Å². The van der Waals surface area contributed by atoms with E-state index in [0.29, 0.717) is 5.65 Å². The lowest BCUT2D eigenvalue weighted by Gasteiger charge is -2.11. The summed E-state index contributed by atoms with van der Waals surface area (Å²) >= 11 is 3.49. The van der Waals surface area contributed by atoms with E-state index < -0.39 is 0 Å². The Morgan fingerprint density at radius 3 is 2.52 bits per heavy atom. The van der Waals surface area contributed by atoms with Crippen LogP contribution in [0.4, 0.5) is 5.69 Å². The Kier molecular flexibility index (Phi) is 3.27. The molecule has 0 bridgehead atoms. The average Bonchev–Trinajstić information content (AvgIpc) is 2.56. The molecular weight excluding hydrogens is 350 g/mol. The van der Waals surface area contributed by atoms with Gasteiger partial charge in [0, 0.05) is 20.8 Å². The molecule has 2 N–H and O–H groups in total. The third-order valence-corrected chi connectivity index (χ3v) is 4.50. The first kappa shape index (κ1) is 14.2. The molecule has 0 aliphatic carbocycles. The Labute approximate surface area is 142 Å². The Morgan fingerprint density at radius 2 is 1.74 bits per heavy atom. The third kappa shape index (κ3) is 2.35. The number of nitrogens with zero attached hydrogens (tertiary/aromatic N) is 2. The van der Waals surface area contributed by atoms with Gasteiger partial charge in [-0.1, -0.05) is 46.3 Å². The van der Waals surface area contributed by atoms with Crippen LogP contribution in [0.3, 0.4) is 0 Å². The third-order valence-electron chi connectivity index (χ3n) is 4.01. The summed E-state index contributed by atoms with van der Waals surface area (Å²) in [6.45, 7) is 2.05. The molecule has 2 heterocycles. The zero-order chi connectivity index (χ0) is 16.0. The first-order valence-corrected chi connectivity index (χ1v) is 8.14. The van der Waals surface area contributed by atoms with E-state index in [0.717, 1.165) is 43.3 Å². The predicted molar refractivity (Wildman–Crippen MR) is 99.3 cm³/mol. The van der Waals surface area contributed by atoms with Crippen LogP contribution in [0, 0.1) is 6.92 Å². The number of aryl methyl sites for hydroxylation is 1. The molecule has 0 unspecified atom stereocenters. The normalized spacial score (nSPS) is 11.2. The monoisotopic (exact) mass is 363 g/mol. The van der Waals surface area contributed by atoms with Crippen molar-refractivity contribution in [2.45, 2.75) is 6.92 Å². The van der Waals surface area contributed by atoms with E-state index in [1.807, 2.05) is 36.4 Å². The minimum Gasteiger partial charge on any atom is -0.398 e. The highest BCUT2D eigenvalue weighted by Crippen LogP contribution is 2.33. The lowest BCUT2D eigenvalue weighted by molar-refractivity contribution is 1.30. The summed E-state index contributed by atoms with van der Waals surface area (Å²) < 4.78 is 0.990. The summed E-state index contributed by atoms with van der Waals surface area (Å²) in [4.78, 5) is 9.45. The largest absolute Gasteiger partial charge is 0.398 e. The van der Waals surface area contributed by atoms with Crippen molar-refractivity contribution in [1.29, 1.82) is 0 Å². The van der Waals surface area contributed by atoms with E-state index in [1.165, 1.54) is 0 Å². The topological polar surface area (TPSA) is 51.8 Å². The van der Waals surface area contributed by atoms with Gasteiger partial charge in [0.15, 0.2) is 5.65 Å². The van der Waals surface area contributed by atoms with Crippen molar-refractivity contribution < 1.29 is 0 Å². The van der Waals surface area contributed by atoms with Crippen LogP contribution in [0.25, 0.3) is 33.2 Å². The quantitative estimate of drug-likeness (QED) is 0.478. The fourth-order valence-electron chi connectivity index (χ4n) is 2.90. The van der Waals surface area contributed by atoms with E-state index in [-0.39, 0.29) is 0 Å². The molecule has 4 rings (SSSR count). The molecule has 2 aromatic heterocycles. The maximum absolute atomic E-state index is 6.41. The number of hydrogen-bond acceptors (Lipinski definition) is 3. The zero-order valence-corrected chi connectivity index (χ0v) is 14.1. The van der Waals surface area contributed by atoms with Gasteiger partial charge in [-0.25, -0.2) is 9.97 Å². The van der Waals surface area contributed by atoms with Gasteiger partial charge in [-0.05, 0) is 36.8 Å². The summed E-state index contributed by atoms with van der Waals surface area (Å²) in [6.07, 6.45) is 0. The molecule has 0 amide bonds. The molecule has 2 aromatic carbocycles. The number of pyridine rings is 2. The summed E-state index contributed by atoms with van der Waals surface area (Å²) in [7, 11) is 0. The molecule has 0 aliphatic rings. The number of nitrogen functional groups attached to an aromatic ring is 1. The molecule has 0 saturated carbocycles. The number of rotatable bonds is 1. The van der Waals surface area contributed by atoms with Gasteiger partial charge in [-0.2, -0.15) is 0 Å². The van der Waals surface area contributed by atoms with Gasteiger partial charge in [-0.3, -0.25) is 0 Å². The number of hydrogen-bond donors (Lipinski definition) is 1. The Bertz CT molecular complexity index is 1040. The van der Waals surface area contributed by atoms with E-state index in [4.69, 9.17) is 15.7 Å². The maximum atomic E-state index is 6.41. The lowest BCUT2D eigenvalue weighted by Crippen LogP contribution is -1.98. The van der Waals surface area contributed by atoms with Gasteiger partial charge in [0.05, 0.1) is 16.9 Å². The molecule has 112 valence electrons. The highest BCUT2D eigenvalue weighted by Gasteiger charge is 2.12. The predicted octanol–water partition coefficient (Wildman–Crippen LogP) is 5.10. The summed E-state index contributed by atoms with van der Waals surface area (Å²) in [5, 5.41) is 1.87. The van der Waals surface area contributed by atoms with Crippen LogP contribution in [0.2, 0.25) is 0 Å². The molecule has 3 nitrogen and oxygen atoms in total. The van der Waals surface area contributed by atoms with Crippen LogP contribution in [0.5, 0.6) is 0 Å². The van der Waals surface area contributed by atoms with Crippen molar-refractivity contribution in [3.05, 3.63) is 64.6 Å². The van der Waals surface area contributed by atoms with Crippen LogP contribution in [0.1, 0.15) is 5.56 Å². The minimum atomic E-state index is 0.691. The Morgan fingerprint density at radius 1 is 0.957 bits per heavy atom. The maximum Gasteiger partial charge on any atom is 0.162 e. The van der Waals surface area contributed by atoms with Crippen LogP contribution in [-0.2, 0) is 0 Å². The number of aromatic nitrogens is 2. The minimum absolute atomic E-state index is 0.691. The van der Waals surface area contributed by atoms with Crippen LogP contribution < -0.4 is 5.73 Å². The summed E-state index contributed by atoms with van der Waals surface area (Å²) in [5.74, 6) is 0. The van der Waals surface area contributed by atoms with Crippen LogP contribution in [-0.4, -0.2) is 9.97 Å². The molecule has 23 heavy (non-hydrogen) atoms. The number of fused-ring (bicyclic) bond motifs is 2. The highest BCUT2D eigenvalue weighted by molar-refractivity contribution is 9.10. The molecule has 0 atom stereocenters. The standard InChI is InChI=1S/C19H14BrN3/c1-11-9-16(12-5-3-2-4-6-12)23-19-17(11)18(21)14-10-13(20)7-8-15(14)22-19/h2-10H,1H3,(H2,21,22,23). The molecule has 0 aliphatic heterocycles. The molecule has 0 fully saturated rings. The second-order valence-electron chi connectivity index (χ2n) is 5.58. The van der Waals surface area contributed by atoms with Crippen molar-refractivity contribution in [2.75, 3.05) is 5.73 Å². The zero-order valence-electron chi connectivity index (χ0n) is 12.5. The highest BCUT2D eigenvalue weighted by atomic mass is 79.9. The number of anilines is 1. The van der Waals surface area contributed by atoms with Gasteiger partial charge >= 0.3 is 0 Å². The van der Waals surface area contributed by atoms with E-state index in [9.17, 15) is 0 Å². The van der Waals surface area contributed by atoms with Crippen molar-refractivity contribution >= 4 is 43.6 Å². The molecule has 4 aromatic rings. The van der Waals surface area contributed by atoms with Gasteiger partial charge in [-0.15, -0.1) is 0 Å². The summed E-state index contributed by atoms with van der Waals surface area (Å²) in [5.41, 5.74) is 11.8. The van der Waals surface area contributed by atoms with E-state index >= 15 is 0 Å². The van der Waals surface area contributed by atoms with Gasteiger partial charge in [0.1, 0.15) is 0 Å². The van der Waals surface area contributed by atoms with E-state index in [1.54, 1.807) is 0 Å². The van der Waals surface area contributed by atoms with E-state index in [2.05, 4.69) is 41.1 Å². The van der Waals surface area contributed by atoms with Gasteiger partial charge < -0.3 is 5.73 Å².